The lowest BCUT2D eigenvalue weighted by Crippen LogP contribution is -2.49. The third-order valence-electron chi connectivity index (χ3n) is 4.70. The summed E-state index contributed by atoms with van der Waals surface area (Å²) in [6.07, 6.45) is 7.02. The second-order valence-corrected chi connectivity index (χ2v) is 7.84. The van der Waals surface area contributed by atoms with E-state index in [9.17, 15) is 4.79 Å². The third kappa shape index (κ3) is 4.84. The van der Waals surface area contributed by atoms with Crippen molar-refractivity contribution >= 4 is 17.7 Å². The number of carbonyl (C=O) groups excluding carboxylic acids is 1. The van der Waals surface area contributed by atoms with Crippen molar-refractivity contribution in [3.63, 3.8) is 0 Å². The van der Waals surface area contributed by atoms with Crippen LogP contribution in [0.3, 0.4) is 0 Å². The van der Waals surface area contributed by atoms with Gasteiger partial charge in [-0.2, -0.15) is 0 Å². The molecule has 1 aliphatic rings. The zero-order chi connectivity index (χ0) is 18.3. The zero-order valence-corrected chi connectivity index (χ0v) is 16.7. The summed E-state index contributed by atoms with van der Waals surface area (Å²) in [5.41, 5.74) is 1.04. The van der Waals surface area contributed by atoms with Crippen molar-refractivity contribution < 1.29 is 14.3 Å². The molecule has 1 saturated carbocycles. The molecule has 0 spiro atoms. The molecule has 0 bridgehead atoms. The van der Waals surface area contributed by atoms with Crippen molar-refractivity contribution in [2.45, 2.75) is 63.7 Å². The van der Waals surface area contributed by atoms with Gasteiger partial charge in [-0.05, 0) is 63.0 Å². The lowest BCUT2D eigenvalue weighted by Gasteiger charge is -2.39. The first kappa shape index (κ1) is 20.0. The van der Waals surface area contributed by atoms with Gasteiger partial charge in [-0.1, -0.05) is 19.9 Å². The SMILES string of the molecule is CCCOc1ccc(C(C)NC(=O)C2(SC)CCC2)cc1OCCC. The molecule has 0 heterocycles. The van der Waals surface area contributed by atoms with Gasteiger partial charge in [0.15, 0.2) is 11.5 Å². The summed E-state index contributed by atoms with van der Waals surface area (Å²) in [6, 6.07) is 5.91. The lowest BCUT2D eigenvalue weighted by atomic mass is 9.83. The fraction of sp³-hybridized carbons (Fsp3) is 0.650. The molecule has 5 heteroatoms. The molecule has 1 unspecified atom stereocenters. The average Bonchev–Trinajstić information content (AvgIpc) is 2.57. The van der Waals surface area contributed by atoms with E-state index >= 15 is 0 Å². The summed E-state index contributed by atoms with van der Waals surface area (Å²) in [7, 11) is 0. The highest BCUT2D eigenvalue weighted by molar-refractivity contribution is 8.00. The van der Waals surface area contributed by atoms with Gasteiger partial charge >= 0.3 is 0 Å². The topological polar surface area (TPSA) is 47.6 Å². The second-order valence-electron chi connectivity index (χ2n) is 6.65. The summed E-state index contributed by atoms with van der Waals surface area (Å²) in [4.78, 5) is 12.6. The number of nitrogens with one attached hydrogen (secondary N) is 1. The number of benzene rings is 1. The van der Waals surface area contributed by atoms with Crippen LogP contribution in [0, 0.1) is 0 Å². The Kier molecular flexibility index (Phi) is 7.48. The zero-order valence-electron chi connectivity index (χ0n) is 15.9. The number of hydrogen-bond donors (Lipinski definition) is 1. The molecule has 1 amide bonds. The van der Waals surface area contributed by atoms with Gasteiger partial charge in [0.2, 0.25) is 5.91 Å². The quantitative estimate of drug-likeness (QED) is 0.651. The van der Waals surface area contributed by atoms with Gasteiger partial charge in [0.05, 0.1) is 24.0 Å². The highest BCUT2D eigenvalue weighted by Crippen LogP contribution is 2.43. The molecule has 1 fully saturated rings. The van der Waals surface area contributed by atoms with Gasteiger partial charge in [0.1, 0.15) is 0 Å². The van der Waals surface area contributed by atoms with E-state index in [4.69, 9.17) is 9.47 Å². The highest BCUT2D eigenvalue weighted by Gasteiger charge is 2.43. The van der Waals surface area contributed by atoms with Gasteiger partial charge in [-0.25, -0.2) is 0 Å². The van der Waals surface area contributed by atoms with E-state index in [1.165, 1.54) is 0 Å². The molecule has 1 aromatic rings. The highest BCUT2D eigenvalue weighted by atomic mass is 32.2. The fourth-order valence-corrected chi connectivity index (χ4v) is 3.82. The smallest absolute Gasteiger partial charge is 0.236 e. The van der Waals surface area contributed by atoms with Gasteiger partial charge in [0.25, 0.3) is 0 Å². The predicted octanol–water partition coefficient (Wildman–Crippen LogP) is 4.73. The van der Waals surface area contributed by atoms with Crippen LogP contribution in [0.25, 0.3) is 0 Å². The van der Waals surface area contributed by atoms with E-state index in [1.807, 2.05) is 31.4 Å². The number of hydrogen-bond acceptors (Lipinski definition) is 4. The van der Waals surface area contributed by atoms with Crippen molar-refractivity contribution in [2.24, 2.45) is 0 Å². The number of amides is 1. The molecule has 2 rings (SSSR count). The molecule has 0 aromatic heterocycles. The molecule has 0 radical (unpaired) electrons. The summed E-state index contributed by atoms with van der Waals surface area (Å²) < 4.78 is 11.4. The fourth-order valence-electron chi connectivity index (χ4n) is 2.88. The Morgan fingerprint density at radius 1 is 1.20 bits per heavy atom. The first-order valence-corrected chi connectivity index (χ1v) is 10.5. The molecule has 0 aliphatic heterocycles. The van der Waals surface area contributed by atoms with Gasteiger partial charge in [0, 0.05) is 0 Å². The normalized spacial score (nSPS) is 16.6. The molecular formula is C20H31NO3S. The monoisotopic (exact) mass is 365 g/mol. The standard InChI is InChI=1S/C20H31NO3S/c1-5-12-23-17-9-8-16(14-18(17)24-13-6-2)15(3)21-19(22)20(25-4)10-7-11-20/h8-9,14-15H,5-7,10-13H2,1-4H3,(H,21,22). The molecule has 25 heavy (non-hydrogen) atoms. The maximum atomic E-state index is 12.6. The van der Waals surface area contributed by atoms with Crippen LogP contribution in [0.15, 0.2) is 18.2 Å². The van der Waals surface area contributed by atoms with Crippen LogP contribution in [0.5, 0.6) is 11.5 Å². The van der Waals surface area contributed by atoms with Crippen LogP contribution in [0.1, 0.15) is 64.5 Å². The number of carbonyl (C=O) groups is 1. The summed E-state index contributed by atoms with van der Waals surface area (Å²) in [5.74, 6) is 1.69. The average molecular weight is 366 g/mol. The minimum absolute atomic E-state index is 0.0543. The summed E-state index contributed by atoms with van der Waals surface area (Å²) >= 11 is 1.67. The van der Waals surface area contributed by atoms with Crippen LogP contribution in [0.4, 0.5) is 0 Å². The van der Waals surface area contributed by atoms with E-state index in [0.717, 1.165) is 49.2 Å². The van der Waals surface area contributed by atoms with Crippen molar-refractivity contribution in [3.8, 4) is 11.5 Å². The van der Waals surface area contributed by atoms with Gasteiger partial charge in [-0.15, -0.1) is 11.8 Å². The van der Waals surface area contributed by atoms with Crippen molar-refractivity contribution in [3.05, 3.63) is 23.8 Å². The first-order chi connectivity index (χ1) is 12.1. The Balaban J connectivity index is 2.10. The maximum absolute atomic E-state index is 12.6. The van der Waals surface area contributed by atoms with E-state index in [-0.39, 0.29) is 16.7 Å². The molecule has 1 atom stereocenters. The van der Waals surface area contributed by atoms with Crippen LogP contribution in [-0.2, 0) is 4.79 Å². The molecular weight excluding hydrogens is 334 g/mol. The van der Waals surface area contributed by atoms with Gasteiger partial charge in [-0.3, -0.25) is 4.79 Å². The number of rotatable bonds is 10. The Labute approximate surface area is 156 Å². The molecule has 1 N–H and O–H groups in total. The summed E-state index contributed by atoms with van der Waals surface area (Å²) in [5, 5.41) is 3.18. The van der Waals surface area contributed by atoms with Crippen LogP contribution >= 0.6 is 11.8 Å². The Bertz CT molecular complexity index is 567. The Morgan fingerprint density at radius 2 is 1.84 bits per heavy atom. The minimum Gasteiger partial charge on any atom is -0.490 e. The van der Waals surface area contributed by atoms with E-state index < -0.39 is 0 Å². The van der Waals surface area contributed by atoms with Crippen LogP contribution < -0.4 is 14.8 Å². The summed E-state index contributed by atoms with van der Waals surface area (Å²) in [6.45, 7) is 7.52. The second kappa shape index (κ2) is 9.37. The molecule has 1 aromatic carbocycles. The molecule has 4 nitrogen and oxygen atoms in total. The largest absolute Gasteiger partial charge is 0.490 e. The van der Waals surface area contributed by atoms with Crippen molar-refractivity contribution in [1.29, 1.82) is 0 Å². The Morgan fingerprint density at radius 3 is 2.36 bits per heavy atom. The Hall–Kier alpha value is -1.36. The molecule has 0 saturated heterocycles. The van der Waals surface area contributed by atoms with E-state index in [0.29, 0.717) is 13.2 Å². The lowest BCUT2D eigenvalue weighted by molar-refractivity contribution is -0.126. The molecule has 140 valence electrons. The predicted molar refractivity (Wildman–Crippen MR) is 105 cm³/mol. The minimum atomic E-state index is -0.222. The maximum Gasteiger partial charge on any atom is 0.236 e. The van der Waals surface area contributed by atoms with E-state index in [2.05, 4.69) is 19.2 Å². The van der Waals surface area contributed by atoms with Crippen LogP contribution in [-0.4, -0.2) is 30.1 Å². The van der Waals surface area contributed by atoms with E-state index in [1.54, 1.807) is 11.8 Å². The van der Waals surface area contributed by atoms with Crippen LogP contribution in [0.2, 0.25) is 0 Å². The first-order valence-electron chi connectivity index (χ1n) is 9.32. The number of ether oxygens (including phenoxy) is 2. The third-order valence-corrected chi connectivity index (χ3v) is 6.08. The number of thioether (sulfide) groups is 1. The van der Waals surface area contributed by atoms with Gasteiger partial charge < -0.3 is 14.8 Å². The molecule has 1 aliphatic carbocycles. The van der Waals surface area contributed by atoms with Crippen molar-refractivity contribution in [2.75, 3.05) is 19.5 Å². The van der Waals surface area contributed by atoms with Crippen molar-refractivity contribution in [1.82, 2.24) is 5.32 Å².